The number of nitrogens with two attached hydrogens (primary N) is 1. The summed E-state index contributed by atoms with van der Waals surface area (Å²) in [7, 11) is 0. The van der Waals surface area contributed by atoms with Crippen LogP contribution in [0.2, 0.25) is 0 Å². The van der Waals surface area contributed by atoms with E-state index in [1.807, 2.05) is 38.1 Å². The third-order valence-electron chi connectivity index (χ3n) is 2.38. The molecule has 0 spiro atoms. The standard InChI is InChI=1S/C13H20N2O2/c1-3-15-13(16)9-12(14)10-6-5-7-11(8-10)17-4-2/h5-8,12H,3-4,9,14H2,1-2H3,(H,15,16). The number of nitrogens with one attached hydrogen (secondary N) is 1. The van der Waals surface area contributed by atoms with Gasteiger partial charge in [-0.1, -0.05) is 12.1 Å². The highest BCUT2D eigenvalue weighted by Gasteiger charge is 2.11. The second-order valence-electron chi connectivity index (χ2n) is 3.77. The summed E-state index contributed by atoms with van der Waals surface area (Å²) in [5.74, 6) is 0.762. The van der Waals surface area contributed by atoms with Crippen molar-refractivity contribution in [1.29, 1.82) is 0 Å². The van der Waals surface area contributed by atoms with Crippen molar-refractivity contribution in [3.8, 4) is 5.75 Å². The molecule has 1 rings (SSSR count). The van der Waals surface area contributed by atoms with Crippen molar-refractivity contribution in [1.82, 2.24) is 5.32 Å². The predicted molar refractivity (Wildman–Crippen MR) is 67.8 cm³/mol. The van der Waals surface area contributed by atoms with Crippen LogP contribution in [0.15, 0.2) is 24.3 Å². The molecule has 0 radical (unpaired) electrons. The van der Waals surface area contributed by atoms with E-state index in [2.05, 4.69) is 5.32 Å². The summed E-state index contributed by atoms with van der Waals surface area (Å²) in [6, 6.07) is 7.27. The molecule has 0 aliphatic rings. The average molecular weight is 236 g/mol. The van der Waals surface area contributed by atoms with E-state index in [1.54, 1.807) is 0 Å². The Balaban J connectivity index is 2.64. The van der Waals surface area contributed by atoms with Crippen LogP contribution < -0.4 is 15.8 Å². The van der Waals surface area contributed by atoms with E-state index in [0.717, 1.165) is 11.3 Å². The zero-order chi connectivity index (χ0) is 12.7. The van der Waals surface area contributed by atoms with Crippen molar-refractivity contribution < 1.29 is 9.53 Å². The molecule has 1 aromatic rings. The Bertz CT molecular complexity index is 366. The number of carbonyl (C=O) groups excluding carboxylic acids is 1. The Labute approximate surface area is 102 Å². The number of amides is 1. The first-order chi connectivity index (χ1) is 8.17. The molecule has 1 atom stereocenters. The van der Waals surface area contributed by atoms with Crippen LogP contribution in [0, 0.1) is 0 Å². The first kappa shape index (κ1) is 13.5. The van der Waals surface area contributed by atoms with Gasteiger partial charge in [-0.3, -0.25) is 4.79 Å². The molecule has 3 N–H and O–H groups in total. The lowest BCUT2D eigenvalue weighted by molar-refractivity contribution is -0.121. The summed E-state index contributed by atoms with van der Waals surface area (Å²) >= 11 is 0. The molecule has 94 valence electrons. The van der Waals surface area contributed by atoms with Crippen LogP contribution in [0.4, 0.5) is 0 Å². The van der Waals surface area contributed by atoms with Gasteiger partial charge in [-0.2, -0.15) is 0 Å². The molecule has 0 aromatic heterocycles. The molecular formula is C13H20N2O2. The molecule has 4 nitrogen and oxygen atoms in total. The van der Waals surface area contributed by atoms with Crippen LogP contribution >= 0.6 is 0 Å². The Morgan fingerprint density at radius 1 is 1.47 bits per heavy atom. The topological polar surface area (TPSA) is 64.4 Å². The lowest BCUT2D eigenvalue weighted by Crippen LogP contribution is -2.27. The van der Waals surface area contributed by atoms with E-state index in [9.17, 15) is 4.79 Å². The quantitative estimate of drug-likeness (QED) is 0.788. The van der Waals surface area contributed by atoms with Gasteiger partial charge < -0.3 is 15.8 Å². The van der Waals surface area contributed by atoms with Crippen molar-refractivity contribution in [2.24, 2.45) is 5.73 Å². The zero-order valence-electron chi connectivity index (χ0n) is 10.4. The molecule has 0 saturated heterocycles. The molecule has 17 heavy (non-hydrogen) atoms. The first-order valence-corrected chi connectivity index (χ1v) is 5.92. The molecule has 0 bridgehead atoms. The highest BCUT2D eigenvalue weighted by Crippen LogP contribution is 2.19. The minimum atomic E-state index is -0.290. The lowest BCUT2D eigenvalue weighted by atomic mass is 10.0. The highest BCUT2D eigenvalue weighted by atomic mass is 16.5. The number of hydrogen-bond acceptors (Lipinski definition) is 3. The van der Waals surface area contributed by atoms with E-state index in [0.29, 0.717) is 19.6 Å². The summed E-state index contributed by atoms with van der Waals surface area (Å²) in [6.45, 7) is 5.07. The fourth-order valence-corrected chi connectivity index (χ4v) is 1.59. The normalized spacial score (nSPS) is 11.9. The van der Waals surface area contributed by atoms with E-state index in [4.69, 9.17) is 10.5 Å². The van der Waals surface area contributed by atoms with Gasteiger partial charge in [0.15, 0.2) is 0 Å². The van der Waals surface area contributed by atoms with Crippen LogP contribution in [-0.2, 0) is 4.79 Å². The van der Waals surface area contributed by atoms with Gasteiger partial charge in [0.05, 0.1) is 6.61 Å². The minimum absolute atomic E-state index is 0.0261. The number of rotatable bonds is 6. The second kappa shape index (κ2) is 6.91. The summed E-state index contributed by atoms with van der Waals surface area (Å²) in [5.41, 5.74) is 6.89. The van der Waals surface area contributed by atoms with Crippen molar-refractivity contribution in [2.75, 3.05) is 13.2 Å². The summed E-state index contributed by atoms with van der Waals surface area (Å²) < 4.78 is 5.39. The monoisotopic (exact) mass is 236 g/mol. The van der Waals surface area contributed by atoms with E-state index < -0.39 is 0 Å². The summed E-state index contributed by atoms with van der Waals surface area (Å²) in [5, 5.41) is 2.74. The minimum Gasteiger partial charge on any atom is -0.494 e. The zero-order valence-corrected chi connectivity index (χ0v) is 10.4. The number of benzene rings is 1. The summed E-state index contributed by atoms with van der Waals surface area (Å²) in [4.78, 5) is 11.4. The Morgan fingerprint density at radius 2 is 2.24 bits per heavy atom. The molecular weight excluding hydrogens is 216 g/mol. The maximum absolute atomic E-state index is 11.4. The number of hydrogen-bond donors (Lipinski definition) is 2. The highest BCUT2D eigenvalue weighted by molar-refractivity contribution is 5.76. The van der Waals surface area contributed by atoms with Crippen molar-refractivity contribution in [3.05, 3.63) is 29.8 Å². The van der Waals surface area contributed by atoms with Crippen LogP contribution in [0.5, 0.6) is 5.75 Å². The van der Waals surface area contributed by atoms with Gasteiger partial charge >= 0.3 is 0 Å². The molecule has 4 heteroatoms. The molecule has 0 aliphatic carbocycles. The fourth-order valence-electron chi connectivity index (χ4n) is 1.59. The third kappa shape index (κ3) is 4.44. The van der Waals surface area contributed by atoms with Gasteiger partial charge in [0, 0.05) is 19.0 Å². The first-order valence-electron chi connectivity index (χ1n) is 5.92. The SMILES string of the molecule is CCNC(=O)CC(N)c1cccc(OCC)c1. The number of carbonyl (C=O) groups is 1. The lowest BCUT2D eigenvalue weighted by Gasteiger charge is -2.13. The van der Waals surface area contributed by atoms with Gasteiger partial charge in [-0.15, -0.1) is 0 Å². The van der Waals surface area contributed by atoms with E-state index in [1.165, 1.54) is 0 Å². The number of ether oxygens (including phenoxy) is 1. The summed E-state index contributed by atoms with van der Waals surface area (Å²) in [6.07, 6.45) is 0.295. The smallest absolute Gasteiger partial charge is 0.221 e. The largest absolute Gasteiger partial charge is 0.494 e. The van der Waals surface area contributed by atoms with Crippen LogP contribution in [0.3, 0.4) is 0 Å². The second-order valence-corrected chi connectivity index (χ2v) is 3.77. The van der Waals surface area contributed by atoms with Crippen LogP contribution in [0.1, 0.15) is 31.9 Å². The Hall–Kier alpha value is -1.55. The predicted octanol–water partition coefficient (Wildman–Crippen LogP) is 1.61. The Kier molecular flexibility index (Phi) is 5.49. The average Bonchev–Trinajstić information content (AvgIpc) is 2.30. The van der Waals surface area contributed by atoms with Crippen LogP contribution in [-0.4, -0.2) is 19.1 Å². The van der Waals surface area contributed by atoms with Gasteiger partial charge in [0.2, 0.25) is 5.91 Å². The van der Waals surface area contributed by atoms with E-state index in [-0.39, 0.29) is 11.9 Å². The molecule has 0 saturated carbocycles. The van der Waals surface area contributed by atoms with Gasteiger partial charge in [-0.25, -0.2) is 0 Å². The maximum atomic E-state index is 11.4. The Morgan fingerprint density at radius 3 is 2.88 bits per heavy atom. The van der Waals surface area contributed by atoms with Gasteiger partial charge in [0.1, 0.15) is 5.75 Å². The maximum Gasteiger partial charge on any atom is 0.221 e. The molecule has 1 aromatic carbocycles. The van der Waals surface area contributed by atoms with Crippen LogP contribution in [0.25, 0.3) is 0 Å². The van der Waals surface area contributed by atoms with Crippen molar-refractivity contribution in [3.63, 3.8) is 0 Å². The molecule has 0 aliphatic heterocycles. The van der Waals surface area contributed by atoms with Gasteiger partial charge in [0.25, 0.3) is 0 Å². The molecule has 1 unspecified atom stereocenters. The molecule has 1 amide bonds. The van der Waals surface area contributed by atoms with Gasteiger partial charge in [-0.05, 0) is 31.5 Å². The molecule has 0 fully saturated rings. The van der Waals surface area contributed by atoms with Crippen molar-refractivity contribution in [2.45, 2.75) is 26.3 Å². The van der Waals surface area contributed by atoms with Crippen molar-refractivity contribution >= 4 is 5.91 Å². The fraction of sp³-hybridized carbons (Fsp3) is 0.462. The van der Waals surface area contributed by atoms with E-state index >= 15 is 0 Å². The molecule has 0 heterocycles. The third-order valence-corrected chi connectivity index (χ3v) is 2.38.